The highest BCUT2D eigenvalue weighted by Gasteiger charge is 2.01. The highest BCUT2D eigenvalue weighted by molar-refractivity contribution is 9.10. The Balaban J connectivity index is 2.29. The van der Waals surface area contributed by atoms with E-state index in [2.05, 4.69) is 15.9 Å². The number of carbonyl (C=O) groups excluding carboxylic acids is 1. The SMILES string of the molecule is O=Cc1cc(OCCCCCCO)ccc1Br. The molecular formula is C13H17BrO3. The molecule has 1 aromatic carbocycles. The predicted octanol–water partition coefficient (Wildman–Crippen LogP) is 3.19. The van der Waals surface area contributed by atoms with Gasteiger partial charge >= 0.3 is 0 Å². The molecular weight excluding hydrogens is 284 g/mol. The molecule has 0 aliphatic rings. The van der Waals surface area contributed by atoms with E-state index in [0.717, 1.165) is 42.2 Å². The van der Waals surface area contributed by atoms with E-state index >= 15 is 0 Å². The number of unbranched alkanes of at least 4 members (excludes halogenated alkanes) is 3. The average Bonchev–Trinajstić information content (AvgIpc) is 2.35. The van der Waals surface area contributed by atoms with Crippen molar-refractivity contribution in [1.29, 1.82) is 0 Å². The summed E-state index contributed by atoms with van der Waals surface area (Å²) in [6.45, 7) is 0.904. The van der Waals surface area contributed by atoms with E-state index in [0.29, 0.717) is 12.2 Å². The minimum absolute atomic E-state index is 0.260. The first-order valence-corrected chi connectivity index (χ1v) is 6.55. The molecule has 0 bridgehead atoms. The van der Waals surface area contributed by atoms with Crippen LogP contribution in [0.4, 0.5) is 0 Å². The van der Waals surface area contributed by atoms with Crippen LogP contribution in [0.25, 0.3) is 0 Å². The molecule has 0 saturated heterocycles. The molecule has 0 unspecified atom stereocenters. The van der Waals surface area contributed by atoms with E-state index in [1.807, 2.05) is 12.1 Å². The molecule has 0 spiro atoms. The number of halogens is 1. The lowest BCUT2D eigenvalue weighted by molar-refractivity contribution is 0.112. The van der Waals surface area contributed by atoms with Gasteiger partial charge < -0.3 is 9.84 Å². The number of aliphatic hydroxyl groups excluding tert-OH is 1. The smallest absolute Gasteiger partial charge is 0.151 e. The van der Waals surface area contributed by atoms with Crippen molar-refractivity contribution in [1.82, 2.24) is 0 Å². The first kappa shape index (κ1) is 14.2. The van der Waals surface area contributed by atoms with Crippen LogP contribution in [0.3, 0.4) is 0 Å². The topological polar surface area (TPSA) is 46.5 Å². The van der Waals surface area contributed by atoms with Crippen LogP contribution in [0.1, 0.15) is 36.0 Å². The maximum absolute atomic E-state index is 10.7. The number of benzene rings is 1. The molecule has 0 heterocycles. The lowest BCUT2D eigenvalue weighted by atomic mass is 10.2. The molecule has 3 nitrogen and oxygen atoms in total. The van der Waals surface area contributed by atoms with Gasteiger partial charge in [-0.2, -0.15) is 0 Å². The van der Waals surface area contributed by atoms with Crippen molar-refractivity contribution in [2.45, 2.75) is 25.7 Å². The molecule has 0 fully saturated rings. The van der Waals surface area contributed by atoms with Crippen molar-refractivity contribution in [3.05, 3.63) is 28.2 Å². The second kappa shape index (κ2) is 8.25. The third-order valence-corrected chi connectivity index (χ3v) is 3.14. The Labute approximate surface area is 110 Å². The Bertz CT molecular complexity index is 353. The molecule has 0 aliphatic carbocycles. The van der Waals surface area contributed by atoms with Crippen LogP contribution in [-0.4, -0.2) is 24.6 Å². The monoisotopic (exact) mass is 300 g/mol. The number of rotatable bonds is 8. The Morgan fingerprint density at radius 2 is 2.00 bits per heavy atom. The summed E-state index contributed by atoms with van der Waals surface area (Å²) in [6, 6.07) is 5.38. The van der Waals surface area contributed by atoms with Gasteiger partial charge in [0.1, 0.15) is 5.75 Å². The summed E-state index contributed by atoms with van der Waals surface area (Å²) in [5, 5.41) is 8.62. The fraction of sp³-hybridized carbons (Fsp3) is 0.462. The van der Waals surface area contributed by atoms with Crippen molar-refractivity contribution < 1.29 is 14.6 Å². The van der Waals surface area contributed by atoms with Crippen LogP contribution in [0.2, 0.25) is 0 Å². The lowest BCUT2D eigenvalue weighted by Gasteiger charge is -2.07. The average molecular weight is 301 g/mol. The van der Waals surface area contributed by atoms with Crippen molar-refractivity contribution in [3.8, 4) is 5.75 Å². The zero-order chi connectivity index (χ0) is 12.5. The maximum Gasteiger partial charge on any atom is 0.151 e. The van der Waals surface area contributed by atoms with E-state index in [-0.39, 0.29) is 6.61 Å². The third-order valence-electron chi connectivity index (χ3n) is 2.42. The summed E-state index contributed by atoms with van der Waals surface area (Å²) < 4.78 is 6.32. The van der Waals surface area contributed by atoms with E-state index in [1.54, 1.807) is 6.07 Å². The molecule has 4 heteroatoms. The molecule has 0 saturated carbocycles. The first-order valence-electron chi connectivity index (χ1n) is 5.76. The second-order valence-corrected chi connectivity index (χ2v) is 4.64. The van der Waals surface area contributed by atoms with Crippen molar-refractivity contribution in [2.24, 2.45) is 0 Å². The summed E-state index contributed by atoms with van der Waals surface area (Å²) in [6.07, 6.45) is 4.70. The largest absolute Gasteiger partial charge is 0.494 e. The van der Waals surface area contributed by atoms with Gasteiger partial charge in [0.05, 0.1) is 6.61 Å². The van der Waals surface area contributed by atoms with Gasteiger partial charge in [-0.3, -0.25) is 4.79 Å². The number of aldehydes is 1. The molecule has 1 N–H and O–H groups in total. The van der Waals surface area contributed by atoms with Crippen LogP contribution in [0, 0.1) is 0 Å². The van der Waals surface area contributed by atoms with Gasteiger partial charge in [0.25, 0.3) is 0 Å². The molecule has 0 amide bonds. The first-order chi connectivity index (χ1) is 8.27. The molecule has 1 aromatic rings. The second-order valence-electron chi connectivity index (χ2n) is 3.79. The Hall–Kier alpha value is -0.870. The predicted molar refractivity (Wildman–Crippen MR) is 70.6 cm³/mol. The Kier molecular flexibility index (Phi) is 6.89. The van der Waals surface area contributed by atoms with Crippen molar-refractivity contribution in [2.75, 3.05) is 13.2 Å². The Morgan fingerprint density at radius 3 is 2.71 bits per heavy atom. The van der Waals surface area contributed by atoms with Gasteiger partial charge in [-0.25, -0.2) is 0 Å². The molecule has 94 valence electrons. The highest BCUT2D eigenvalue weighted by atomic mass is 79.9. The fourth-order valence-corrected chi connectivity index (χ4v) is 1.80. The van der Waals surface area contributed by atoms with Gasteiger partial charge in [0.2, 0.25) is 0 Å². The Morgan fingerprint density at radius 1 is 1.24 bits per heavy atom. The van der Waals surface area contributed by atoms with Gasteiger partial charge in [0, 0.05) is 16.6 Å². The fourth-order valence-electron chi connectivity index (χ4n) is 1.46. The van der Waals surface area contributed by atoms with Crippen molar-refractivity contribution in [3.63, 3.8) is 0 Å². The minimum atomic E-state index is 0.260. The molecule has 1 rings (SSSR count). The summed E-state index contributed by atoms with van der Waals surface area (Å²) in [7, 11) is 0. The van der Waals surface area contributed by atoms with Crippen LogP contribution < -0.4 is 4.74 Å². The van der Waals surface area contributed by atoms with Crippen LogP contribution >= 0.6 is 15.9 Å². The van der Waals surface area contributed by atoms with E-state index in [4.69, 9.17) is 9.84 Å². The van der Waals surface area contributed by atoms with Gasteiger partial charge in [0.15, 0.2) is 6.29 Å². The maximum atomic E-state index is 10.7. The number of aliphatic hydroxyl groups is 1. The number of hydrogen-bond donors (Lipinski definition) is 1. The zero-order valence-corrected chi connectivity index (χ0v) is 11.3. The van der Waals surface area contributed by atoms with E-state index in [1.165, 1.54) is 0 Å². The van der Waals surface area contributed by atoms with Gasteiger partial charge in [-0.05, 0) is 37.5 Å². The lowest BCUT2D eigenvalue weighted by Crippen LogP contribution is -1.98. The summed E-state index contributed by atoms with van der Waals surface area (Å²) in [5.74, 6) is 0.720. The van der Waals surface area contributed by atoms with Crippen LogP contribution in [-0.2, 0) is 0 Å². The molecule has 0 radical (unpaired) electrons. The number of ether oxygens (including phenoxy) is 1. The molecule has 17 heavy (non-hydrogen) atoms. The molecule has 0 atom stereocenters. The van der Waals surface area contributed by atoms with Crippen LogP contribution in [0.15, 0.2) is 22.7 Å². The minimum Gasteiger partial charge on any atom is -0.494 e. The summed E-state index contributed by atoms with van der Waals surface area (Å²) >= 11 is 3.29. The van der Waals surface area contributed by atoms with Crippen molar-refractivity contribution >= 4 is 22.2 Å². The van der Waals surface area contributed by atoms with Crippen LogP contribution in [0.5, 0.6) is 5.75 Å². The summed E-state index contributed by atoms with van der Waals surface area (Å²) in [4.78, 5) is 10.7. The third kappa shape index (κ3) is 5.33. The highest BCUT2D eigenvalue weighted by Crippen LogP contribution is 2.21. The molecule has 0 aromatic heterocycles. The number of carbonyl (C=O) groups is 1. The number of hydrogen-bond acceptors (Lipinski definition) is 3. The quantitative estimate of drug-likeness (QED) is 0.592. The van der Waals surface area contributed by atoms with Gasteiger partial charge in [-0.15, -0.1) is 0 Å². The van der Waals surface area contributed by atoms with Gasteiger partial charge in [-0.1, -0.05) is 22.4 Å². The standard InChI is InChI=1S/C13H17BrO3/c14-13-6-5-12(9-11(13)10-16)17-8-4-2-1-3-7-15/h5-6,9-10,15H,1-4,7-8H2. The zero-order valence-electron chi connectivity index (χ0n) is 9.69. The molecule has 0 aliphatic heterocycles. The van der Waals surface area contributed by atoms with E-state index < -0.39 is 0 Å². The normalized spacial score (nSPS) is 10.2. The summed E-state index contributed by atoms with van der Waals surface area (Å²) in [5.41, 5.74) is 0.600. The van der Waals surface area contributed by atoms with E-state index in [9.17, 15) is 4.79 Å².